The molecule has 248 valence electrons. The third-order valence-electron chi connectivity index (χ3n) is 10.3. The summed E-state index contributed by atoms with van der Waals surface area (Å²) in [6, 6.07) is 51.2. The number of rotatable bonds is 6. The highest BCUT2D eigenvalue weighted by Gasteiger charge is 2.28. The molecule has 3 heterocycles. The summed E-state index contributed by atoms with van der Waals surface area (Å²) >= 11 is 0. The third-order valence-corrected chi connectivity index (χ3v) is 10.3. The maximum Gasteiger partial charge on any atom is 0.137 e. The zero-order chi connectivity index (χ0) is 34.6. The first-order chi connectivity index (χ1) is 24.9. The number of pyridine rings is 1. The molecule has 9 rings (SSSR count). The summed E-state index contributed by atoms with van der Waals surface area (Å²) in [6.07, 6.45) is 2.72. The fourth-order valence-corrected chi connectivity index (χ4v) is 8.23. The van der Waals surface area contributed by atoms with Crippen LogP contribution in [0.4, 0.5) is 22.7 Å². The van der Waals surface area contributed by atoms with Crippen LogP contribution < -0.4 is 9.80 Å². The molecule has 4 nitrogen and oxygen atoms in total. The van der Waals surface area contributed by atoms with Gasteiger partial charge in [0, 0.05) is 28.3 Å². The van der Waals surface area contributed by atoms with Crippen LogP contribution in [0, 0.1) is 27.7 Å². The number of hydrogen-bond donors (Lipinski definition) is 0. The van der Waals surface area contributed by atoms with Crippen molar-refractivity contribution in [3.63, 3.8) is 0 Å². The van der Waals surface area contributed by atoms with Crippen molar-refractivity contribution in [3.8, 4) is 16.9 Å². The Balaban J connectivity index is 1.19. The van der Waals surface area contributed by atoms with E-state index in [1.807, 2.05) is 6.20 Å². The fraction of sp³-hybridized carbons (Fsp3) is 0.128. The van der Waals surface area contributed by atoms with Crippen LogP contribution in [0.3, 0.4) is 0 Å². The predicted octanol–water partition coefficient (Wildman–Crippen LogP) is 11.9. The van der Waals surface area contributed by atoms with Crippen LogP contribution in [-0.2, 0) is 6.42 Å². The molecule has 0 unspecified atom stereocenters. The topological polar surface area (TPSA) is 24.3 Å². The van der Waals surface area contributed by atoms with Crippen molar-refractivity contribution in [1.29, 1.82) is 0 Å². The van der Waals surface area contributed by atoms with Crippen LogP contribution in [-0.4, -0.2) is 16.2 Å². The molecule has 1 aliphatic rings. The van der Waals surface area contributed by atoms with Gasteiger partial charge in [0.2, 0.25) is 0 Å². The smallest absolute Gasteiger partial charge is 0.137 e. The standard InChI is InChI=1S/C47H40N4/c1-31-20-21-48-46(24-31)51-42-15-9-8-14-40(42)41-19-18-35(28-45(41)51)25-36-26-37(47-33(3)22-32(2)23-34(47)4)29-39(27-36)50-30-49(38-12-6-5-7-13-38)43-16-10-11-17-44(43)50/h5-24,26-29H,25,30H2,1-4H3. The summed E-state index contributed by atoms with van der Waals surface area (Å²) in [6.45, 7) is 9.55. The van der Waals surface area contributed by atoms with Gasteiger partial charge in [-0.3, -0.25) is 4.57 Å². The molecule has 0 aliphatic carbocycles. The summed E-state index contributed by atoms with van der Waals surface area (Å²) in [5.41, 5.74) is 17.4. The highest BCUT2D eigenvalue weighted by atomic mass is 15.4. The lowest BCUT2D eigenvalue weighted by molar-refractivity contribution is 0.988. The first kappa shape index (κ1) is 30.9. The summed E-state index contributed by atoms with van der Waals surface area (Å²) < 4.78 is 2.32. The van der Waals surface area contributed by atoms with E-state index in [0.29, 0.717) is 0 Å². The summed E-state index contributed by atoms with van der Waals surface area (Å²) in [5.74, 6) is 0.948. The molecule has 0 amide bonds. The number of benzene rings is 6. The van der Waals surface area contributed by atoms with Crippen molar-refractivity contribution in [2.75, 3.05) is 16.5 Å². The first-order valence-corrected chi connectivity index (χ1v) is 17.8. The average Bonchev–Trinajstić information content (AvgIpc) is 3.68. The monoisotopic (exact) mass is 660 g/mol. The minimum Gasteiger partial charge on any atom is -0.321 e. The molecule has 0 atom stereocenters. The Hall–Kier alpha value is -6.13. The first-order valence-electron chi connectivity index (χ1n) is 17.8. The van der Waals surface area contributed by atoms with Gasteiger partial charge in [-0.2, -0.15) is 0 Å². The van der Waals surface area contributed by atoms with Crippen molar-refractivity contribution in [3.05, 3.63) is 179 Å². The van der Waals surface area contributed by atoms with E-state index >= 15 is 0 Å². The average molecular weight is 661 g/mol. The molecule has 0 saturated carbocycles. The Kier molecular flexibility index (Phi) is 7.47. The molecule has 0 bridgehead atoms. The molecule has 2 aromatic heterocycles. The lowest BCUT2D eigenvalue weighted by Gasteiger charge is -2.24. The van der Waals surface area contributed by atoms with E-state index in [1.54, 1.807) is 0 Å². The van der Waals surface area contributed by atoms with Gasteiger partial charge in [-0.15, -0.1) is 0 Å². The Morgan fingerprint density at radius 3 is 1.98 bits per heavy atom. The zero-order valence-electron chi connectivity index (χ0n) is 29.6. The molecular formula is C47H40N4. The Bertz CT molecular complexity index is 2570. The van der Waals surface area contributed by atoms with Gasteiger partial charge in [0.15, 0.2) is 0 Å². The van der Waals surface area contributed by atoms with Crippen molar-refractivity contribution in [2.24, 2.45) is 0 Å². The SMILES string of the molecule is Cc1ccnc(-n2c3ccccc3c3ccc(Cc4cc(-c5c(C)cc(C)cc5C)cc(N5CN(c6ccccc6)c6ccccc65)c4)cc32)c1. The van der Waals surface area contributed by atoms with Crippen molar-refractivity contribution in [2.45, 2.75) is 34.1 Å². The molecule has 0 fully saturated rings. The largest absolute Gasteiger partial charge is 0.321 e. The van der Waals surface area contributed by atoms with Crippen LogP contribution in [0.2, 0.25) is 0 Å². The highest BCUT2D eigenvalue weighted by molar-refractivity contribution is 6.09. The summed E-state index contributed by atoms with van der Waals surface area (Å²) in [4.78, 5) is 9.70. The van der Waals surface area contributed by atoms with E-state index in [9.17, 15) is 0 Å². The van der Waals surface area contributed by atoms with Crippen molar-refractivity contribution < 1.29 is 0 Å². The molecule has 0 spiro atoms. The van der Waals surface area contributed by atoms with Gasteiger partial charge in [-0.05, 0) is 134 Å². The lowest BCUT2D eigenvalue weighted by Crippen LogP contribution is -2.24. The van der Waals surface area contributed by atoms with Gasteiger partial charge in [0.05, 0.1) is 22.4 Å². The number of para-hydroxylation sites is 4. The quantitative estimate of drug-likeness (QED) is 0.177. The van der Waals surface area contributed by atoms with Gasteiger partial charge in [-0.25, -0.2) is 4.98 Å². The van der Waals surface area contributed by atoms with E-state index in [-0.39, 0.29) is 0 Å². The molecule has 0 N–H and O–H groups in total. The van der Waals surface area contributed by atoms with Gasteiger partial charge in [0.1, 0.15) is 12.5 Å². The van der Waals surface area contributed by atoms with E-state index in [4.69, 9.17) is 4.98 Å². The second-order valence-electron chi connectivity index (χ2n) is 14.1. The molecular weight excluding hydrogens is 621 g/mol. The minimum absolute atomic E-state index is 0.744. The number of anilines is 4. The highest BCUT2D eigenvalue weighted by Crippen LogP contribution is 2.45. The molecule has 1 aliphatic heterocycles. The molecule has 51 heavy (non-hydrogen) atoms. The van der Waals surface area contributed by atoms with E-state index in [0.717, 1.165) is 18.9 Å². The maximum atomic E-state index is 4.82. The van der Waals surface area contributed by atoms with Crippen LogP contribution in [0.25, 0.3) is 38.8 Å². The Labute approximate surface area is 299 Å². The van der Waals surface area contributed by atoms with Crippen LogP contribution in [0.1, 0.15) is 33.4 Å². The van der Waals surface area contributed by atoms with E-state index in [2.05, 4.69) is 182 Å². The van der Waals surface area contributed by atoms with Crippen LogP contribution in [0.5, 0.6) is 0 Å². The number of nitrogens with zero attached hydrogens (tertiary/aromatic N) is 4. The van der Waals surface area contributed by atoms with Crippen LogP contribution in [0.15, 0.2) is 146 Å². The molecule has 0 saturated heterocycles. The molecule has 0 radical (unpaired) electrons. The zero-order valence-corrected chi connectivity index (χ0v) is 29.6. The normalized spacial score (nSPS) is 12.6. The van der Waals surface area contributed by atoms with E-state index in [1.165, 1.54) is 89.1 Å². The molecule has 8 aromatic rings. The Morgan fingerprint density at radius 1 is 0.529 bits per heavy atom. The number of hydrogen-bond acceptors (Lipinski definition) is 3. The minimum atomic E-state index is 0.744. The number of aryl methyl sites for hydroxylation is 4. The third kappa shape index (κ3) is 5.44. The molecule has 4 heteroatoms. The lowest BCUT2D eigenvalue weighted by atomic mass is 9.91. The second-order valence-corrected chi connectivity index (χ2v) is 14.1. The van der Waals surface area contributed by atoms with Gasteiger partial charge in [-0.1, -0.05) is 84.4 Å². The summed E-state index contributed by atoms with van der Waals surface area (Å²) in [7, 11) is 0. The maximum absolute atomic E-state index is 4.82. The van der Waals surface area contributed by atoms with Gasteiger partial charge < -0.3 is 9.80 Å². The van der Waals surface area contributed by atoms with E-state index < -0.39 is 0 Å². The molecule has 6 aromatic carbocycles. The predicted molar refractivity (Wildman–Crippen MR) is 214 cm³/mol. The van der Waals surface area contributed by atoms with Gasteiger partial charge in [0.25, 0.3) is 0 Å². The van der Waals surface area contributed by atoms with Gasteiger partial charge >= 0.3 is 0 Å². The summed E-state index contributed by atoms with van der Waals surface area (Å²) in [5, 5.41) is 2.49. The number of fused-ring (bicyclic) bond motifs is 4. The Morgan fingerprint density at radius 2 is 1.22 bits per heavy atom. The van der Waals surface area contributed by atoms with Crippen molar-refractivity contribution in [1.82, 2.24) is 9.55 Å². The fourth-order valence-electron chi connectivity index (χ4n) is 8.23. The van der Waals surface area contributed by atoms with Crippen molar-refractivity contribution >= 4 is 44.6 Å². The van der Waals surface area contributed by atoms with Crippen LogP contribution >= 0.6 is 0 Å². The second kappa shape index (κ2) is 12.3. The number of aromatic nitrogens is 2.